The van der Waals surface area contributed by atoms with Gasteiger partial charge in [-0.1, -0.05) is 39.0 Å². The predicted molar refractivity (Wildman–Crippen MR) is 77.8 cm³/mol. The third-order valence-electron chi connectivity index (χ3n) is 4.02. The van der Waals surface area contributed by atoms with Gasteiger partial charge in [0.05, 0.1) is 0 Å². The van der Waals surface area contributed by atoms with Crippen LogP contribution >= 0.6 is 0 Å². The number of anilines is 1. The first kappa shape index (κ1) is 14.6. The Morgan fingerprint density at radius 1 is 1.30 bits per heavy atom. The minimum atomic E-state index is -1.08. The number of benzene rings is 1. The zero-order chi connectivity index (χ0) is 15.1. The fourth-order valence-corrected chi connectivity index (χ4v) is 2.70. The maximum Gasteiger partial charge on any atom is 0.315 e. The molecule has 4 heteroatoms. The number of para-hydroxylation sites is 1. The Labute approximate surface area is 119 Å². The van der Waals surface area contributed by atoms with Crippen LogP contribution in [0.15, 0.2) is 24.3 Å². The zero-order valence-electron chi connectivity index (χ0n) is 12.4. The van der Waals surface area contributed by atoms with Crippen LogP contribution in [0.25, 0.3) is 0 Å². The van der Waals surface area contributed by atoms with Gasteiger partial charge in [-0.25, -0.2) is 0 Å². The molecule has 1 heterocycles. The number of carboxylic acid groups (broad SMARTS) is 1. The van der Waals surface area contributed by atoms with Gasteiger partial charge in [-0.2, -0.15) is 0 Å². The standard InChI is InChI=1S/C16H21NO3/c1-10(15(19)20)14(18)17-9-12(16(2,3)4)11-7-5-6-8-13(11)17/h5-8,10,12H,9H2,1-4H3,(H,19,20). The Morgan fingerprint density at radius 2 is 1.90 bits per heavy atom. The lowest BCUT2D eigenvalue weighted by molar-refractivity contribution is -0.145. The highest BCUT2D eigenvalue weighted by atomic mass is 16.4. The molecule has 20 heavy (non-hydrogen) atoms. The van der Waals surface area contributed by atoms with E-state index in [-0.39, 0.29) is 17.2 Å². The molecule has 1 N–H and O–H groups in total. The van der Waals surface area contributed by atoms with E-state index in [0.717, 1.165) is 11.3 Å². The van der Waals surface area contributed by atoms with Gasteiger partial charge in [0.25, 0.3) is 0 Å². The minimum Gasteiger partial charge on any atom is -0.481 e. The maximum absolute atomic E-state index is 12.4. The van der Waals surface area contributed by atoms with Crippen molar-refractivity contribution < 1.29 is 14.7 Å². The number of aliphatic carboxylic acids is 1. The average Bonchev–Trinajstić information content (AvgIpc) is 2.76. The molecule has 0 spiro atoms. The number of hydrogen-bond acceptors (Lipinski definition) is 2. The third-order valence-corrected chi connectivity index (χ3v) is 4.02. The van der Waals surface area contributed by atoms with Crippen molar-refractivity contribution >= 4 is 17.6 Å². The quantitative estimate of drug-likeness (QED) is 0.844. The van der Waals surface area contributed by atoms with E-state index in [1.807, 2.05) is 24.3 Å². The van der Waals surface area contributed by atoms with Crippen molar-refractivity contribution in [2.24, 2.45) is 11.3 Å². The van der Waals surface area contributed by atoms with Gasteiger partial charge in [0.1, 0.15) is 5.92 Å². The second kappa shape index (κ2) is 4.93. The van der Waals surface area contributed by atoms with Crippen LogP contribution in [-0.4, -0.2) is 23.5 Å². The molecule has 1 aliphatic rings. The van der Waals surface area contributed by atoms with Crippen molar-refractivity contribution in [1.29, 1.82) is 0 Å². The topological polar surface area (TPSA) is 57.6 Å². The van der Waals surface area contributed by atoms with E-state index in [2.05, 4.69) is 20.8 Å². The van der Waals surface area contributed by atoms with Crippen LogP contribution in [0.5, 0.6) is 0 Å². The molecular weight excluding hydrogens is 254 g/mol. The van der Waals surface area contributed by atoms with E-state index < -0.39 is 11.9 Å². The number of amides is 1. The Morgan fingerprint density at radius 3 is 2.45 bits per heavy atom. The Balaban J connectivity index is 2.40. The number of carbonyl (C=O) groups excluding carboxylic acids is 1. The number of nitrogens with zero attached hydrogens (tertiary/aromatic N) is 1. The van der Waals surface area contributed by atoms with Crippen LogP contribution in [0, 0.1) is 11.3 Å². The summed E-state index contributed by atoms with van der Waals surface area (Å²) in [6.07, 6.45) is 0. The monoisotopic (exact) mass is 275 g/mol. The van der Waals surface area contributed by atoms with Crippen LogP contribution in [0.3, 0.4) is 0 Å². The van der Waals surface area contributed by atoms with Gasteiger partial charge in [-0.05, 0) is 24.0 Å². The van der Waals surface area contributed by atoms with Gasteiger partial charge in [-0.15, -0.1) is 0 Å². The summed E-state index contributed by atoms with van der Waals surface area (Å²) < 4.78 is 0. The molecule has 0 saturated heterocycles. The fourth-order valence-electron chi connectivity index (χ4n) is 2.70. The Bertz CT molecular complexity index is 545. The van der Waals surface area contributed by atoms with Gasteiger partial charge >= 0.3 is 5.97 Å². The number of carboxylic acids is 1. The van der Waals surface area contributed by atoms with E-state index >= 15 is 0 Å². The van der Waals surface area contributed by atoms with Crippen LogP contribution in [0.1, 0.15) is 39.2 Å². The first-order valence-corrected chi connectivity index (χ1v) is 6.86. The van der Waals surface area contributed by atoms with Crippen molar-refractivity contribution in [3.63, 3.8) is 0 Å². The molecule has 1 aromatic rings. The summed E-state index contributed by atoms with van der Waals surface area (Å²) in [5.74, 6) is -2.20. The first-order chi connectivity index (χ1) is 9.23. The summed E-state index contributed by atoms with van der Waals surface area (Å²) in [5, 5.41) is 9.04. The van der Waals surface area contributed by atoms with Crippen molar-refractivity contribution in [2.75, 3.05) is 11.4 Å². The van der Waals surface area contributed by atoms with Crippen LogP contribution in [0.4, 0.5) is 5.69 Å². The van der Waals surface area contributed by atoms with Crippen molar-refractivity contribution in [2.45, 2.75) is 33.6 Å². The highest BCUT2D eigenvalue weighted by molar-refractivity contribution is 6.06. The lowest BCUT2D eigenvalue weighted by atomic mass is 9.78. The average molecular weight is 275 g/mol. The fraction of sp³-hybridized carbons (Fsp3) is 0.500. The number of rotatable bonds is 2. The second-order valence-electron chi connectivity index (χ2n) is 6.49. The van der Waals surface area contributed by atoms with Gasteiger partial charge < -0.3 is 10.0 Å². The Hall–Kier alpha value is -1.84. The largest absolute Gasteiger partial charge is 0.481 e. The third kappa shape index (κ3) is 2.42. The van der Waals surface area contributed by atoms with E-state index in [1.165, 1.54) is 6.92 Å². The number of carbonyl (C=O) groups is 2. The van der Waals surface area contributed by atoms with E-state index in [1.54, 1.807) is 4.90 Å². The summed E-state index contributed by atoms with van der Waals surface area (Å²) in [4.78, 5) is 25.0. The highest BCUT2D eigenvalue weighted by Gasteiger charge is 2.40. The summed E-state index contributed by atoms with van der Waals surface area (Å²) in [6.45, 7) is 8.42. The van der Waals surface area contributed by atoms with Crippen LogP contribution < -0.4 is 4.90 Å². The zero-order valence-corrected chi connectivity index (χ0v) is 12.4. The normalized spacial score (nSPS) is 19.6. The Kier molecular flexibility index (Phi) is 3.59. The minimum absolute atomic E-state index is 0.0254. The molecule has 4 nitrogen and oxygen atoms in total. The number of hydrogen-bond donors (Lipinski definition) is 1. The summed E-state index contributed by atoms with van der Waals surface area (Å²) in [6, 6.07) is 7.78. The molecule has 2 rings (SSSR count). The molecule has 2 atom stereocenters. The molecule has 1 amide bonds. The lowest BCUT2D eigenvalue weighted by Crippen LogP contribution is -2.38. The summed E-state index contributed by atoms with van der Waals surface area (Å²) in [5.41, 5.74) is 2.01. The molecule has 2 unspecified atom stereocenters. The van der Waals surface area contributed by atoms with Gasteiger partial charge in [-0.3, -0.25) is 9.59 Å². The predicted octanol–water partition coefficient (Wildman–Crippen LogP) is 2.88. The lowest BCUT2D eigenvalue weighted by Gasteiger charge is -2.28. The van der Waals surface area contributed by atoms with Gasteiger partial charge in [0, 0.05) is 18.2 Å². The summed E-state index contributed by atoms with van der Waals surface area (Å²) in [7, 11) is 0. The second-order valence-corrected chi connectivity index (χ2v) is 6.49. The van der Waals surface area contributed by atoms with Crippen LogP contribution in [-0.2, 0) is 9.59 Å². The van der Waals surface area contributed by atoms with E-state index in [4.69, 9.17) is 5.11 Å². The molecule has 0 aromatic heterocycles. The van der Waals surface area contributed by atoms with Crippen molar-refractivity contribution in [3.8, 4) is 0 Å². The van der Waals surface area contributed by atoms with Crippen LogP contribution in [0.2, 0.25) is 0 Å². The van der Waals surface area contributed by atoms with E-state index in [9.17, 15) is 9.59 Å². The molecule has 0 fully saturated rings. The molecule has 0 saturated carbocycles. The summed E-state index contributed by atoms with van der Waals surface area (Å²) >= 11 is 0. The molecule has 0 bridgehead atoms. The maximum atomic E-state index is 12.4. The van der Waals surface area contributed by atoms with Crippen molar-refractivity contribution in [3.05, 3.63) is 29.8 Å². The first-order valence-electron chi connectivity index (χ1n) is 6.86. The molecule has 108 valence electrons. The number of fused-ring (bicyclic) bond motifs is 1. The molecule has 0 radical (unpaired) electrons. The van der Waals surface area contributed by atoms with Gasteiger partial charge in [0.2, 0.25) is 5.91 Å². The van der Waals surface area contributed by atoms with Crippen molar-refractivity contribution in [1.82, 2.24) is 0 Å². The van der Waals surface area contributed by atoms with E-state index in [0.29, 0.717) is 6.54 Å². The highest BCUT2D eigenvalue weighted by Crippen LogP contribution is 2.45. The molecule has 1 aliphatic heterocycles. The molecule has 1 aromatic carbocycles. The molecule has 0 aliphatic carbocycles. The molecular formula is C16H21NO3. The SMILES string of the molecule is CC(C(=O)O)C(=O)N1CC(C(C)(C)C)c2ccccc21. The smallest absolute Gasteiger partial charge is 0.315 e. The van der Waals surface area contributed by atoms with Gasteiger partial charge in [0.15, 0.2) is 0 Å².